The van der Waals surface area contributed by atoms with Crippen molar-refractivity contribution in [1.29, 1.82) is 0 Å². The van der Waals surface area contributed by atoms with Gasteiger partial charge in [-0.05, 0) is 24.6 Å². The van der Waals surface area contributed by atoms with Gasteiger partial charge in [0, 0.05) is 0 Å². The van der Waals surface area contributed by atoms with Gasteiger partial charge in [-0.2, -0.15) is 0 Å². The third-order valence-corrected chi connectivity index (χ3v) is 2.44. The Hall–Kier alpha value is -2.05. The number of rotatable bonds is 10. The number of hydrogen-bond donors (Lipinski definition) is 2. The molecule has 0 aliphatic rings. The van der Waals surface area contributed by atoms with Crippen molar-refractivity contribution in [2.45, 2.75) is 19.4 Å². The van der Waals surface area contributed by atoms with Gasteiger partial charge in [0.15, 0.2) is 6.79 Å². The average Bonchev–Trinajstić information content (AvgIpc) is 2.42. The molecule has 1 aromatic rings. The Labute approximate surface area is 124 Å². The van der Waals surface area contributed by atoms with E-state index >= 15 is 0 Å². The number of amides is 1. The molecule has 0 aliphatic carbocycles. The Morgan fingerprint density at radius 1 is 1.33 bits per heavy atom. The van der Waals surface area contributed by atoms with E-state index in [9.17, 15) is 9.90 Å². The maximum absolute atomic E-state index is 10.8. The minimum Gasteiger partial charge on any atom is -0.491 e. The van der Waals surface area contributed by atoms with Crippen LogP contribution in [0.1, 0.15) is 12.5 Å². The largest absolute Gasteiger partial charge is 0.491 e. The highest BCUT2D eigenvalue weighted by Crippen LogP contribution is 2.12. The molecule has 0 saturated carbocycles. The molecule has 0 saturated heterocycles. The molecule has 0 heterocycles. The minimum atomic E-state index is -0.760. The van der Waals surface area contributed by atoms with Gasteiger partial charge < -0.3 is 25.1 Å². The zero-order valence-corrected chi connectivity index (χ0v) is 12.1. The lowest BCUT2D eigenvalue weighted by Gasteiger charge is -2.13. The fourth-order valence-electron chi connectivity index (χ4n) is 1.47. The predicted molar refractivity (Wildman–Crippen MR) is 77.6 cm³/mol. The van der Waals surface area contributed by atoms with Crippen LogP contribution >= 0.6 is 0 Å². The van der Waals surface area contributed by atoms with Crippen LogP contribution in [0.5, 0.6) is 5.75 Å². The van der Waals surface area contributed by atoms with Crippen LogP contribution in [-0.2, 0) is 20.7 Å². The Morgan fingerprint density at radius 3 is 2.57 bits per heavy atom. The van der Waals surface area contributed by atoms with Crippen LogP contribution < -0.4 is 10.5 Å². The van der Waals surface area contributed by atoms with Crippen molar-refractivity contribution in [1.82, 2.24) is 0 Å². The number of ether oxygens (including phenoxy) is 3. The summed E-state index contributed by atoms with van der Waals surface area (Å²) < 4.78 is 15.5. The van der Waals surface area contributed by atoms with Gasteiger partial charge >= 0.3 is 0 Å². The lowest BCUT2D eigenvalue weighted by atomic mass is 10.1. The second-order valence-corrected chi connectivity index (χ2v) is 4.59. The number of nitrogens with two attached hydrogens (primary N) is 1. The van der Waals surface area contributed by atoms with E-state index in [1.54, 1.807) is 31.2 Å². The van der Waals surface area contributed by atoms with Crippen LogP contribution in [0.15, 0.2) is 36.6 Å². The van der Waals surface area contributed by atoms with Crippen molar-refractivity contribution < 1.29 is 24.1 Å². The maximum atomic E-state index is 10.8. The Bertz CT molecular complexity index is 458. The minimum absolute atomic E-state index is 0.0498. The highest BCUT2D eigenvalue weighted by molar-refractivity contribution is 5.76. The number of allylic oxidation sites excluding steroid dienone is 1. The molecule has 0 fully saturated rings. The molecule has 0 aliphatic heterocycles. The van der Waals surface area contributed by atoms with E-state index in [1.165, 1.54) is 0 Å². The molecular formula is C15H21NO5. The zero-order chi connectivity index (χ0) is 15.7. The number of carbonyl (C=O) groups is 1. The Balaban J connectivity index is 2.24. The molecule has 0 radical (unpaired) electrons. The summed E-state index contributed by atoms with van der Waals surface area (Å²) >= 11 is 0. The van der Waals surface area contributed by atoms with Gasteiger partial charge in [-0.15, -0.1) is 0 Å². The van der Waals surface area contributed by atoms with E-state index in [2.05, 4.69) is 6.58 Å². The summed E-state index contributed by atoms with van der Waals surface area (Å²) in [4.78, 5) is 10.8. The first-order valence-electron chi connectivity index (χ1n) is 6.51. The highest BCUT2D eigenvalue weighted by Gasteiger charge is 2.06. The maximum Gasteiger partial charge on any atom is 0.221 e. The van der Waals surface area contributed by atoms with E-state index in [0.29, 0.717) is 11.5 Å². The third kappa shape index (κ3) is 7.96. The molecule has 1 atom stereocenters. The molecule has 0 spiro atoms. The SMILES string of the molecule is C=C(C)OCOCC(O)COc1ccc(CC(N)=O)cc1. The van der Waals surface area contributed by atoms with E-state index in [-0.39, 0.29) is 32.3 Å². The third-order valence-electron chi connectivity index (χ3n) is 2.44. The van der Waals surface area contributed by atoms with Crippen molar-refractivity contribution in [3.8, 4) is 5.75 Å². The number of hydrogen-bond acceptors (Lipinski definition) is 5. The van der Waals surface area contributed by atoms with E-state index in [1.807, 2.05) is 0 Å². The van der Waals surface area contributed by atoms with E-state index in [4.69, 9.17) is 19.9 Å². The van der Waals surface area contributed by atoms with Crippen LogP contribution in [0.4, 0.5) is 0 Å². The molecule has 1 rings (SSSR count). The van der Waals surface area contributed by atoms with Crippen LogP contribution in [0.3, 0.4) is 0 Å². The average molecular weight is 295 g/mol. The summed E-state index contributed by atoms with van der Waals surface area (Å²) in [7, 11) is 0. The predicted octanol–water partition coefficient (Wildman–Crippen LogP) is 0.978. The van der Waals surface area contributed by atoms with Crippen molar-refractivity contribution in [3.05, 3.63) is 42.2 Å². The molecular weight excluding hydrogens is 274 g/mol. The molecule has 0 bridgehead atoms. The lowest BCUT2D eigenvalue weighted by molar-refractivity contribution is -0.117. The van der Waals surface area contributed by atoms with Gasteiger partial charge in [0.1, 0.15) is 18.5 Å². The number of carbonyl (C=O) groups excluding carboxylic acids is 1. The lowest BCUT2D eigenvalue weighted by Crippen LogP contribution is -2.24. The fraction of sp³-hybridized carbons (Fsp3) is 0.400. The molecule has 3 N–H and O–H groups in total. The summed E-state index contributed by atoms with van der Waals surface area (Å²) in [5, 5.41) is 9.66. The van der Waals surface area contributed by atoms with E-state index in [0.717, 1.165) is 5.56 Å². The van der Waals surface area contributed by atoms with Crippen LogP contribution in [-0.4, -0.2) is 37.1 Å². The second-order valence-electron chi connectivity index (χ2n) is 4.59. The summed E-state index contributed by atoms with van der Waals surface area (Å²) in [6.45, 7) is 5.52. The summed E-state index contributed by atoms with van der Waals surface area (Å²) in [5.41, 5.74) is 5.92. The van der Waals surface area contributed by atoms with Crippen molar-refractivity contribution in [3.63, 3.8) is 0 Å². The normalized spacial score (nSPS) is 11.7. The number of benzene rings is 1. The van der Waals surface area contributed by atoms with Gasteiger partial charge in [-0.25, -0.2) is 0 Å². The molecule has 116 valence electrons. The number of aliphatic hydroxyl groups is 1. The molecule has 6 nitrogen and oxygen atoms in total. The molecule has 1 amide bonds. The number of primary amides is 1. The summed E-state index contributed by atoms with van der Waals surface area (Å²) in [6, 6.07) is 6.94. The standard InChI is InChI=1S/C15H21NO5/c1-11(2)21-10-19-8-13(17)9-20-14-5-3-12(4-6-14)7-15(16)18/h3-6,13,17H,1,7-10H2,2H3,(H2,16,18). The van der Waals surface area contributed by atoms with Crippen LogP contribution in [0.25, 0.3) is 0 Å². The Kier molecular flexibility index (Phi) is 7.28. The molecule has 6 heteroatoms. The Morgan fingerprint density at radius 2 is 2.00 bits per heavy atom. The smallest absolute Gasteiger partial charge is 0.221 e. The number of aliphatic hydroxyl groups excluding tert-OH is 1. The topological polar surface area (TPSA) is 91.0 Å². The first-order chi connectivity index (χ1) is 9.97. The van der Waals surface area contributed by atoms with Crippen LogP contribution in [0.2, 0.25) is 0 Å². The summed E-state index contributed by atoms with van der Waals surface area (Å²) in [6.07, 6.45) is -0.566. The monoisotopic (exact) mass is 295 g/mol. The van der Waals surface area contributed by atoms with Gasteiger partial charge in [-0.3, -0.25) is 4.79 Å². The molecule has 1 aromatic carbocycles. The molecule has 21 heavy (non-hydrogen) atoms. The van der Waals surface area contributed by atoms with Gasteiger partial charge in [0.2, 0.25) is 5.91 Å². The second kappa shape index (κ2) is 8.99. The zero-order valence-electron chi connectivity index (χ0n) is 12.1. The summed E-state index contributed by atoms with van der Waals surface area (Å²) in [5.74, 6) is 0.769. The first kappa shape index (κ1) is 17.0. The van der Waals surface area contributed by atoms with Gasteiger partial charge in [0.25, 0.3) is 0 Å². The molecule has 1 unspecified atom stereocenters. The van der Waals surface area contributed by atoms with Crippen molar-refractivity contribution >= 4 is 5.91 Å². The van der Waals surface area contributed by atoms with Crippen LogP contribution in [0, 0.1) is 0 Å². The van der Waals surface area contributed by atoms with Gasteiger partial charge in [-0.1, -0.05) is 18.7 Å². The molecule has 0 aromatic heterocycles. The van der Waals surface area contributed by atoms with Gasteiger partial charge in [0.05, 0.1) is 18.8 Å². The highest BCUT2D eigenvalue weighted by atomic mass is 16.7. The van der Waals surface area contributed by atoms with Crippen molar-refractivity contribution in [2.24, 2.45) is 5.73 Å². The fourth-order valence-corrected chi connectivity index (χ4v) is 1.47. The van der Waals surface area contributed by atoms with Crippen molar-refractivity contribution in [2.75, 3.05) is 20.0 Å². The first-order valence-corrected chi connectivity index (χ1v) is 6.51. The van der Waals surface area contributed by atoms with E-state index < -0.39 is 6.10 Å². The quantitative estimate of drug-likeness (QED) is 0.381.